The van der Waals surface area contributed by atoms with Crippen molar-refractivity contribution in [2.24, 2.45) is 4.99 Å². The van der Waals surface area contributed by atoms with E-state index in [0.717, 1.165) is 16.3 Å². The summed E-state index contributed by atoms with van der Waals surface area (Å²) in [6.45, 7) is 2.35. The number of fused-ring (bicyclic) bond motifs is 1. The van der Waals surface area contributed by atoms with Gasteiger partial charge in [0.25, 0.3) is 5.91 Å². The first kappa shape index (κ1) is 20.7. The van der Waals surface area contributed by atoms with Crippen molar-refractivity contribution in [2.45, 2.75) is 6.92 Å². The molecule has 1 aliphatic heterocycles. The average Bonchev–Trinajstić information content (AvgIpc) is 3.08. The molecule has 156 valence electrons. The van der Waals surface area contributed by atoms with Gasteiger partial charge in [0, 0.05) is 12.1 Å². The van der Waals surface area contributed by atoms with Gasteiger partial charge in [-0.25, -0.2) is 4.99 Å². The summed E-state index contributed by atoms with van der Waals surface area (Å²) in [6, 6.07) is 17.9. The van der Waals surface area contributed by atoms with Crippen LogP contribution in [0.25, 0.3) is 16.8 Å². The van der Waals surface area contributed by atoms with Crippen molar-refractivity contribution in [3.63, 3.8) is 0 Å². The number of carbonyl (C=O) groups is 2. The molecule has 1 fully saturated rings. The molecule has 0 unspecified atom stereocenters. The summed E-state index contributed by atoms with van der Waals surface area (Å²) in [5, 5.41) is 13.5. The number of hydrogen-bond donors (Lipinski definition) is 0. The Morgan fingerprint density at radius 3 is 2.55 bits per heavy atom. The molecule has 0 spiro atoms. The van der Waals surface area contributed by atoms with Crippen LogP contribution in [0.5, 0.6) is 5.75 Å². The van der Waals surface area contributed by atoms with E-state index in [4.69, 9.17) is 4.74 Å². The minimum Gasteiger partial charge on any atom is -0.545 e. The number of amidine groups is 1. The summed E-state index contributed by atoms with van der Waals surface area (Å²) < 4.78 is 5.54. The summed E-state index contributed by atoms with van der Waals surface area (Å²) in [5.74, 6) is -0.687. The second kappa shape index (κ2) is 8.65. The van der Waals surface area contributed by atoms with Gasteiger partial charge in [-0.05, 0) is 59.3 Å². The highest BCUT2D eigenvalue weighted by atomic mass is 32.2. The third-order valence-corrected chi connectivity index (χ3v) is 5.96. The molecule has 0 bridgehead atoms. The number of thioether (sulfide) groups is 1. The quantitative estimate of drug-likeness (QED) is 0.574. The number of nitrogens with zero attached hydrogens (tertiary/aromatic N) is 2. The Morgan fingerprint density at radius 2 is 1.87 bits per heavy atom. The number of carbonyl (C=O) groups excluding carboxylic acids is 2. The Kier molecular flexibility index (Phi) is 5.77. The molecule has 3 aromatic rings. The topological polar surface area (TPSA) is 82.0 Å². The lowest BCUT2D eigenvalue weighted by molar-refractivity contribution is -0.255. The van der Waals surface area contributed by atoms with Gasteiger partial charge in [0.15, 0.2) is 5.17 Å². The molecule has 4 rings (SSSR count). The minimum atomic E-state index is -1.24. The van der Waals surface area contributed by atoms with E-state index in [1.54, 1.807) is 24.1 Å². The molecule has 7 heteroatoms. The zero-order valence-electron chi connectivity index (χ0n) is 17.0. The van der Waals surface area contributed by atoms with Gasteiger partial charge in [-0.1, -0.05) is 42.5 Å². The molecule has 1 aliphatic rings. The van der Waals surface area contributed by atoms with E-state index in [1.165, 1.54) is 23.9 Å². The molecule has 1 heterocycles. The molecular formula is C24H19N2O4S-. The smallest absolute Gasteiger partial charge is 0.266 e. The van der Waals surface area contributed by atoms with Crippen LogP contribution in [-0.2, 0) is 4.79 Å². The zero-order chi connectivity index (χ0) is 22.0. The number of methoxy groups -OCH3 is 1. The Balaban J connectivity index is 1.74. The summed E-state index contributed by atoms with van der Waals surface area (Å²) in [4.78, 5) is 30.7. The molecule has 6 nitrogen and oxygen atoms in total. The van der Waals surface area contributed by atoms with Crippen LogP contribution in [0, 0.1) is 0 Å². The highest BCUT2D eigenvalue weighted by Gasteiger charge is 2.32. The number of carboxylic acid groups (broad SMARTS) is 1. The first-order valence-electron chi connectivity index (χ1n) is 9.69. The Bertz CT molecular complexity index is 1230. The monoisotopic (exact) mass is 431 g/mol. The van der Waals surface area contributed by atoms with Crippen molar-refractivity contribution in [1.29, 1.82) is 0 Å². The third kappa shape index (κ3) is 4.04. The van der Waals surface area contributed by atoms with Crippen LogP contribution in [0.1, 0.15) is 22.8 Å². The van der Waals surface area contributed by atoms with Crippen LogP contribution in [0.15, 0.2) is 70.6 Å². The number of ether oxygens (including phenoxy) is 1. The summed E-state index contributed by atoms with van der Waals surface area (Å²) >= 11 is 1.28. The Labute approximate surface area is 183 Å². The predicted octanol–water partition coefficient (Wildman–Crippen LogP) is 3.84. The van der Waals surface area contributed by atoms with Gasteiger partial charge < -0.3 is 14.6 Å². The maximum atomic E-state index is 13.0. The van der Waals surface area contributed by atoms with Gasteiger partial charge in [-0.3, -0.25) is 9.69 Å². The molecule has 0 N–H and O–H groups in total. The second-order valence-electron chi connectivity index (χ2n) is 6.79. The van der Waals surface area contributed by atoms with E-state index in [-0.39, 0.29) is 11.5 Å². The molecule has 0 aromatic heterocycles. The fourth-order valence-electron chi connectivity index (χ4n) is 3.39. The molecule has 0 radical (unpaired) electrons. The van der Waals surface area contributed by atoms with Gasteiger partial charge >= 0.3 is 0 Å². The van der Waals surface area contributed by atoms with Gasteiger partial charge in [0.1, 0.15) is 5.75 Å². The number of amides is 1. The number of hydrogen-bond acceptors (Lipinski definition) is 6. The van der Waals surface area contributed by atoms with Crippen LogP contribution in [0.2, 0.25) is 0 Å². The molecule has 0 aliphatic carbocycles. The first-order valence-corrected chi connectivity index (χ1v) is 10.5. The Morgan fingerprint density at radius 1 is 1.13 bits per heavy atom. The molecule has 0 saturated carbocycles. The van der Waals surface area contributed by atoms with Gasteiger partial charge in [-0.2, -0.15) is 0 Å². The van der Waals surface area contributed by atoms with E-state index in [9.17, 15) is 14.7 Å². The van der Waals surface area contributed by atoms with Crippen LogP contribution in [-0.4, -0.2) is 35.6 Å². The lowest BCUT2D eigenvalue weighted by Crippen LogP contribution is -2.28. The summed E-state index contributed by atoms with van der Waals surface area (Å²) in [7, 11) is 1.61. The van der Waals surface area contributed by atoms with Crippen molar-refractivity contribution in [2.75, 3.05) is 13.7 Å². The van der Waals surface area contributed by atoms with Crippen molar-refractivity contribution < 1.29 is 19.4 Å². The minimum absolute atomic E-state index is 0.0788. The summed E-state index contributed by atoms with van der Waals surface area (Å²) in [5.41, 5.74) is 1.48. The van der Waals surface area contributed by atoms with Gasteiger partial charge in [0.2, 0.25) is 0 Å². The van der Waals surface area contributed by atoms with E-state index < -0.39 is 5.97 Å². The van der Waals surface area contributed by atoms with Crippen LogP contribution < -0.4 is 9.84 Å². The number of likely N-dealkylation sites (N-methyl/N-ethyl adjacent to an activating group) is 1. The van der Waals surface area contributed by atoms with Crippen molar-refractivity contribution >= 4 is 51.3 Å². The zero-order valence-corrected chi connectivity index (χ0v) is 17.8. The van der Waals surface area contributed by atoms with Crippen LogP contribution >= 0.6 is 11.8 Å². The number of aromatic carboxylic acids is 1. The lowest BCUT2D eigenvalue weighted by Gasteiger charge is -2.12. The lowest BCUT2D eigenvalue weighted by atomic mass is 10.0. The van der Waals surface area contributed by atoms with Crippen molar-refractivity contribution in [3.8, 4) is 5.75 Å². The number of benzene rings is 3. The average molecular weight is 431 g/mol. The molecule has 3 aromatic carbocycles. The van der Waals surface area contributed by atoms with E-state index >= 15 is 0 Å². The Hall–Kier alpha value is -3.58. The van der Waals surface area contributed by atoms with E-state index in [1.807, 2.05) is 49.4 Å². The predicted molar refractivity (Wildman–Crippen MR) is 121 cm³/mol. The van der Waals surface area contributed by atoms with Gasteiger partial charge in [-0.15, -0.1) is 0 Å². The highest BCUT2D eigenvalue weighted by molar-refractivity contribution is 8.18. The van der Waals surface area contributed by atoms with Crippen molar-refractivity contribution in [1.82, 2.24) is 4.90 Å². The largest absolute Gasteiger partial charge is 0.545 e. The van der Waals surface area contributed by atoms with E-state index in [2.05, 4.69) is 4.99 Å². The highest BCUT2D eigenvalue weighted by Crippen LogP contribution is 2.37. The second-order valence-corrected chi connectivity index (χ2v) is 7.80. The maximum absolute atomic E-state index is 13.0. The number of aliphatic imine (C=N–C) groups is 1. The molecule has 31 heavy (non-hydrogen) atoms. The maximum Gasteiger partial charge on any atom is 0.266 e. The first-order chi connectivity index (χ1) is 15.0. The normalized spacial score (nSPS) is 16.5. The van der Waals surface area contributed by atoms with Crippen LogP contribution in [0.3, 0.4) is 0 Å². The third-order valence-electron chi connectivity index (χ3n) is 4.96. The fraction of sp³-hybridized carbons (Fsp3) is 0.125. The summed E-state index contributed by atoms with van der Waals surface area (Å²) in [6.07, 6.45) is 1.85. The van der Waals surface area contributed by atoms with Crippen molar-refractivity contribution in [3.05, 3.63) is 76.7 Å². The van der Waals surface area contributed by atoms with E-state index in [0.29, 0.717) is 28.1 Å². The molecular weight excluding hydrogens is 412 g/mol. The van der Waals surface area contributed by atoms with Gasteiger partial charge in [0.05, 0.1) is 23.7 Å². The number of carboxylic acids is 1. The SMILES string of the molecule is CCN1C(=O)/C(=C/c2c(OC)ccc3ccccc23)SC1=Nc1ccc(C(=O)[O-])cc1. The fourth-order valence-corrected chi connectivity index (χ4v) is 4.43. The molecule has 1 amide bonds. The standard InChI is InChI=1S/C24H20N2O4S/c1-3-26-22(27)21(31-24(26)25-17-11-8-16(9-12-17)23(28)29)14-19-18-7-5-4-6-15(18)10-13-20(19)30-2/h4-14H,3H2,1-2H3,(H,28,29)/p-1/b21-14-,25-24?. The molecule has 0 atom stereocenters. The van der Waals surface area contributed by atoms with Crippen LogP contribution in [0.4, 0.5) is 5.69 Å². The number of rotatable bonds is 5. The molecule has 1 saturated heterocycles.